The third kappa shape index (κ3) is 4.03. The van der Waals surface area contributed by atoms with Gasteiger partial charge in [-0.05, 0) is 30.5 Å². The topological polar surface area (TPSA) is 57.5 Å². The second kappa shape index (κ2) is 7.88. The molecule has 16 heavy (non-hydrogen) atoms. The van der Waals surface area contributed by atoms with Gasteiger partial charge in [-0.25, -0.2) is 0 Å². The number of phenols is 1. The zero-order valence-corrected chi connectivity index (χ0v) is 10.2. The van der Waals surface area contributed by atoms with Gasteiger partial charge in [0.15, 0.2) is 6.29 Å². The Kier molecular flexibility index (Phi) is 7.21. The maximum atomic E-state index is 10.5. The smallest absolute Gasteiger partial charge is 0.153 e. The third-order valence-corrected chi connectivity index (χ3v) is 2.04. The highest BCUT2D eigenvalue weighted by Gasteiger charge is 2.08. The van der Waals surface area contributed by atoms with E-state index in [1.807, 2.05) is 6.92 Å². The van der Waals surface area contributed by atoms with Gasteiger partial charge in [0.25, 0.3) is 0 Å². The number of hydrogen-bond donors (Lipinski definition) is 2. The Morgan fingerprint density at radius 1 is 1.31 bits per heavy atom. The van der Waals surface area contributed by atoms with E-state index in [2.05, 4.69) is 13.8 Å². The molecular formula is C13H20O3. The lowest BCUT2D eigenvalue weighted by molar-refractivity contribution is 0.112. The molecule has 0 fully saturated rings. The molecule has 1 rings (SSSR count). The molecule has 0 aromatic heterocycles. The van der Waals surface area contributed by atoms with Gasteiger partial charge in [-0.15, -0.1) is 0 Å². The lowest BCUT2D eigenvalue weighted by Gasteiger charge is -2.08. The highest BCUT2D eigenvalue weighted by Crippen LogP contribution is 2.24. The Morgan fingerprint density at radius 3 is 2.31 bits per heavy atom. The SMILES string of the molecule is CCC.Cc1ccc(C=O)c(O)c1CCO. The summed E-state index contributed by atoms with van der Waals surface area (Å²) in [7, 11) is 0. The first-order chi connectivity index (χ1) is 7.62. The lowest BCUT2D eigenvalue weighted by Crippen LogP contribution is -1.97. The van der Waals surface area contributed by atoms with Crippen LogP contribution in [0.5, 0.6) is 5.75 Å². The molecule has 0 radical (unpaired) electrons. The highest BCUT2D eigenvalue weighted by atomic mass is 16.3. The van der Waals surface area contributed by atoms with Gasteiger partial charge >= 0.3 is 0 Å². The number of aliphatic hydroxyl groups excluding tert-OH is 1. The summed E-state index contributed by atoms with van der Waals surface area (Å²) in [5.41, 5.74) is 1.80. The van der Waals surface area contributed by atoms with E-state index in [1.165, 1.54) is 6.42 Å². The fourth-order valence-electron chi connectivity index (χ4n) is 1.28. The van der Waals surface area contributed by atoms with Crippen molar-refractivity contribution in [1.29, 1.82) is 0 Å². The number of hydrogen-bond acceptors (Lipinski definition) is 3. The molecule has 0 amide bonds. The molecule has 0 aliphatic rings. The number of aromatic hydroxyl groups is 1. The number of aliphatic hydroxyl groups is 1. The fraction of sp³-hybridized carbons (Fsp3) is 0.462. The molecule has 0 saturated heterocycles. The van der Waals surface area contributed by atoms with Crippen LogP contribution in [-0.2, 0) is 6.42 Å². The summed E-state index contributed by atoms with van der Waals surface area (Å²) in [6.07, 6.45) is 2.23. The predicted molar refractivity (Wildman–Crippen MR) is 65.0 cm³/mol. The van der Waals surface area contributed by atoms with Crippen LogP contribution in [0.1, 0.15) is 41.8 Å². The maximum Gasteiger partial charge on any atom is 0.153 e. The number of carbonyl (C=O) groups is 1. The van der Waals surface area contributed by atoms with E-state index in [4.69, 9.17) is 5.11 Å². The monoisotopic (exact) mass is 224 g/mol. The van der Waals surface area contributed by atoms with Gasteiger partial charge in [0.2, 0.25) is 0 Å². The van der Waals surface area contributed by atoms with Crippen molar-refractivity contribution in [2.24, 2.45) is 0 Å². The standard InChI is InChI=1S/C10H12O3.C3H8/c1-7-2-3-8(6-12)10(13)9(7)4-5-11;1-3-2/h2-3,6,11,13H,4-5H2,1H3;3H2,1-2H3. The summed E-state index contributed by atoms with van der Waals surface area (Å²) in [4.78, 5) is 10.5. The Balaban J connectivity index is 0.000000673. The molecule has 3 heteroatoms. The molecule has 1 aromatic carbocycles. The summed E-state index contributed by atoms with van der Waals surface area (Å²) < 4.78 is 0. The van der Waals surface area contributed by atoms with Gasteiger partial charge in [-0.1, -0.05) is 26.3 Å². The number of phenolic OH excluding ortho intramolecular Hbond substituents is 1. The second-order valence-electron chi connectivity index (χ2n) is 3.60. The van der Waals surface area contributed by atoms with Crippen LogP contribution in [0.25, 0.3) is 0 Å². The molecule has 2 N–H and O–H groups in total. The van der Waals surface area contributed by atoms with Gasteiger partial charge in [-0.3, -0.25) is 4.79 Å². The van der Waals surface area contributed by atoms with E-state index in [0.717, 1.165) is 5.56 Å². The fourth-order valence-corrected chi connectivity index (χ4v) is 1.28. The average molecular weight is 224 g/mol. The van der Waals surface area contributed by atoms with E-state index < -0.39 is 0 Å². The van der Waals surface area contributed by atoms with Gasteiger partial charge in [0, 0.05) is 6.61 Å². The summed E-state index contributed by atoms with van der Waals surface area (Å²) in [6.45, 7) is 6.05. The van der Waals surface area contributed by atoms with Crippen LogP contribution in [-0.4, -0.2) is 23.1 Å². The molecule has 90 valence electrons. The number of aldehydes is 1. The van der Waals surface area contributed by atoms with Crippen LogP contribution >= 0.6 is 0 Å². The van der Waals surface area contributed by atoms with E-state index in [1.54, 1.807) is 12.1 Å². The first kappa shape index (κ1) is 14.6. The van der Waals surface area contributed by atoms with Crippen LogP contribution < -0.4 is 0 Å². The van der Waals surface area contributed by atoms with Crippen LogP contribution in [0, 0.1) is 6.92 Å². The van der Waals surface area contributed by atoms with Crippen molar-refractivity contribution in [3.8, 4) is 5.75 Å². The number of carbonyl (C=O) groups excluding carboxylic acids is 1. The first-order valence-corrected chi connectivity index (χ1v) is 5.49. The van der Waals surface area contributed by atoms with Crippen LogP contribution in [0.3, 0.4) is 0 Å². The van der Waals surface area contributed by atoms with Gasteiger partial charge in [-0.2, -0.15) is 0 Å². The van der Waals surface area contributed by atoms with Crippen molar-refractivity contribution in [3.63, 3.8) is 0 Å². The number of benzene rings is 1. The normalized spacial score (nSPS) is 9.25. The van der Waals surface area contributed by atoms with Crippen LogP contribution in [0.4, 0.5) is 0 Å². The zero-order valence-electron chi connectivity index (χ0n) is 10.2. The van der Waals surface area contributed by atoms with Crippen molar-refractivity contribution < 1.29 is 15.0 Å². The van der Waals surface area contributed by atoms with E-state index in [0.29, 0.717) is 18.3 Å². The van der Waals surface area contributed by atoms with Crippen molar-refractivity contribution in [2.45, 2.75) is 33.6 Å². The van der Waals surface area contributed by atoms with Crippen molar-refractivity contribution in [1.82, 2.24) is 0 Å². The molecule has 0 aliphatic carbocycles. The molecule has 0 heterocycles. The van der Waals surface area contributed by atoms with Crippen LogP contribution in [0.15, 0.2) is 12.1 Å². The summed E-state index contributed by atoms with van der Waals surface area (Å²) in [5.74, 6) is -0.0101. The van der Waals surface area contributed by atoms with Gasteiger partial charge < -0.3 is 10.2 Å². The Bertz CT molecular complexity index is 332. The molecule has 0 unspecified atom stereocenters. The molecule has 0 spiro atoms. The second-order valence-corrected chi connectivity index (χ2v) is 3.60. The Hall–Kier alpha value is -1.35. The maximum absolute atomic E-state index is 10.5. The first-order valence-electron chi connectivity index (χ1n) is 5.49. The quantitative estimate of drug-likeness (QED) is 0.775. The van der Waals surface area contributed by atoms with Crippen molar-refractivity contribution >= 4 is 6.29 Å². The van der Waals surface area contributed by atoms with Crippen molar-refractivity contribution in [2.75, 3.05) is 6.61 Å². The number of rotatable bonds is 3. The van der Waals surface area contributed by atoms with E-state index >= 15 is 0 Å². The van der Waals surface area contributed by atoms with Crippen LogP contribution in [0.2, 0.25) is 0 Å². The molecule has 0 saturated carbocycles. The molecule has 3 nitrogen and oxygen atoms in total. The van der Waals surface area contributed by atoms with E-state index in [9.17, 15) is 9.90 Å². The predicted octanol–water partition coefficient (Wildman–Crippen LogP) is 2.46. The molecule has 0 aliphatic heterocycles. The third-order valence-electron chi connectivity index (χ3n) is 2.04. The largest absolute Gasteiger partial charge is 0.507 e. The summed E-state index contributed by atoms with van der Waals surface area (Å²) >= 11 is 0. The number of aryl methyl sites for hydroxylation is 1. The van der Waals surface area contributed by atoms with Crippen molar-refractivity contribution in [3.05, 3.63) is 28.8 Å². The summed E-state index contributed by atoms with van der Waals surface area (Å²) in [5, 5.41) is 18.3. The minimum absolute atomic E-state index is 0.0101. The molecule has 0 bridgehead atoms. The van der Waals surface area contributed by atoms with Gasteiger partial charge in [0.1, 0.15) is 5.75 Å². The molecular weight excluding hydrogens is 204 g/mol. The summed E-state index contributed by atoms with van der Waals surface area (Å²) in [6, 6.07) is 3.33. The molecule has 0 atom stereocenters. The Morgan fingerprint density at radius 2 is 1.88 bits per heavy atom. The van der Waals surface area contributed by atoms with E-state index in [-0.39, 0.29) is 17.9 Å². The van der Waals surface area contributed by atoms with Gasteiger partial charge in [0.05, 0.1) is 5.56 Å². The average Bonchev–Trinajstić information content (AvgIpc) is 2.25. The zero-order chi connectivity index (χ0) is 12.6. The minimum Gasteiger partial charge on any atom is -0.507 e. The lowest BCUT2D eigenvalue weighted by atomic mass is 10.0. The highest BCUT2D eigenvalue weighted by molar-refractivity contribution is 5.80. The Labute approximate surface area is 96.7 Å². The molecule has 1 aromatic rings. The minimum atomic E-state index is -0.0310.